The molecule has 0 aliphatic carbocycles. The number of anilines is 1. The van der Waals surface area contributed by atoms with Crippen LogP contribution in [0, 0.1) is 24.0 Å². The lowest BCUT2D eigenvalue weighted by molar-refractivity contribution is -0.384. The van der Waals surface area contributed by atoms with E-state index in [-0.39, 0.29) is 11.4 Å². The lowest BCUT2D eigenvalue weighted by Gasteiger charge is -2.17. The first-order chi connectivity index (χ1) is 15.9. The molecule has 1 unspecified atom stereocenters. The topological polar surface area (TPSA) is 116 Å². The zero-order valence-electron chi connectivity index (χ0n) is 17.9. The highest BCUT2D eigenvalue weighted by Crippen LogP contribution is 2.36. The Kier molecular flexibility index (Phi) is 6.45. The van der Waals surface area contributed by atoms with Gasteiger partial charge >= 0.3 is 0 Å². The highest BCUT2D eigenvalue weighted by molar-refractivity contribution is 8.00. The van der Waals surface area contributed by atoms with Crippen molar-refractivity contribution in [2.24, 2.45) is 0 Å². The van der Waals surface area contributed by atoms with E-state index in [2.05, 4.69) is 20.8 Å². The van der Waals surface area contributed by atoms with E-state index in [4.69, 9.17) is 0 Å². The lowest BCUT2D eigenvalue weighted by Crippen LogP contribution is -2.20. The number of thioether (sulfide) groups is 1. The van der Waals surface area contributed by atoms with Gasteiger partial charge in [-0.2, -0.15) is 4.68 Å². The van der Waals surface area contributed by atoms with Crippen molar-refractivity contribution in [2.75, 3.05) is 5.32 Å². The normalized spacial score (nSPS) is 11.7. The van der Waals surface area contributed by atoms with Crippen molar-refractivity contribution >= 4 is 29.0 Å². The standard InChI is InChI=1S/C23H20N6O3S/c1-15-7-6-10-18(13-15)28-23(25-26-27-28)33-21(17-8-4-3-5-9-17)22(30)24-19-12-11-16(2)14-20(19)29(31)32/h3-14,21H,1-2H3,(H,24,30). The van der Waals surface area contributed by atoms with Gasteiger partial charge in [0.15, 0.2) is 0 Å². The van der Waals surface area contributed by atoms with E-state index in [1.807, 2.05) is 61.5 Å². The summed E-state index contributed by atoms with van der Waals surface area (Å²) in [6.07, 6.45) is 0. The van der Waals surface area contributed by atoms with Crippen molar-refractivity contribution < 1.29 is 9.72 Å². The zero-order chi connectivity index (χ0) is 23.4. The average molecular weight is 461 g/mol. The summed E-state index contributed by atoms with van der Waals surface area (Å²) in [5.74, 6) is -0.419. The second kappa shape index (κ2) is 9.61. The number of nitrogens with one attached hydrogen (secondary N) is 1. The van der Waals surface area contributed by atoms with Gasteiger partial charge in [0.2, 0.25) is 11.1 Å². The van der Waals surface area contributed by atoms with Gasteiger partial charge in [-0.1, -0.05) is 60.3 Å². The van der Waals surface area contributed by atoms with Crippen LogP contribution in [0.2, 0.25) is 0 Å². The number of tetrazole rings is 1. The van der Waals surface area contributed by atoms with E-state index < -0.39 is 16.1 Å². The molecule has 0 aliphatic heterocycles. The molecule has 1 heterocycles. The number of nitro groups is 1. The van der Waals surface area contributed by atoms with Crippen molar-refractivity contribution in [3.8, 4) is 5.69 Å². The van der Waals surface area contributed by atoms with Crippen LogP contribution in [0.15, 0.2) is 78.0 Å². The summed E-state index contributed by atoms with van der Waals surface area (Å²) in [7, 11) is 0. The summed E-state index contributed by atoms with van der Waals surface area (Å²) >= 11 is 1.17. The van der Waals surface area contributed by atoms with Gasteiger partial charge in [0, 0.05) is 6.07 Å². The maximum atomic E-state index is 13.4. The van der Waals surface area contributed by atoms with Gasteiger partial charge < -0.3 is 5.32 Å². The van der Waals surface area contributed by atoms with E-state index in [0.717, 1.165) is 16.8 Å². The Hall–Kier alpha value is -4.05. The highest BCUT2D eigenvalue weighted by Gasteiger charge is 2.27. The summed E-state index contributed by atoms with van der Waals surface area (Å²) in [6.45, 7) is 3.72. The number of aromatic nitrogens is 4. The third-order valence-electron chi connectivity index (χ3n) is 4.86. The Labute approximate surface area is 194 Å². The quantitative estimate of drug-likeness (QED) is 0.242. The number of hydrogen-bond acceptors (Lipinski definition) is 7. The first-order valence-corrected chi connectivity index (χ1v) is 10.9. The van der Waals surface area contributed by atoms with E-state index in [0.29, 0.717) is 10.7 Å². The summed E-state index contributed by atoms with van der Waals surface area (Å²) in [6, 6.07) is 21.5. The maximum Gasteiger partial charge on any atom is 0.293 e. The zero-order valence-corrected chi connectivity index (χ0v) is 18.7. The van der Waals surface area contributed by atoms with E-state index in [1.165, 1.54) is 23.9 Å². The molecule has 0 saturated heterocycles. The number of carbonyl (C=O) groups excluding carboxylic acids is 1. The number of aryl methyl sites for hydroxylation is 2. The van der Waals surface area contributed by atoms with Crippen LogP contribution < -0.4 is 5.32 Å². The predicted octanol–water partition coefficient (Wildman–Crippen LogP) is 4.66. The molecule has 0 aliphatic rings. The summed E-state index contributed by atoms with van der Waals surface area (Å²) < 4.78 is 1.56. The molecule has 0 radical (unpaired) electrons. The van der Waals surface area contributed by atoms with Gasteiger partial charge in [-0.25, -0.2) is 0 Å². The third kappa shape index (κ3) is 5.07. The van der Waals surface area contributed by atoms with Crippen molar-refractivity contribution in [1.82, 2.24) is 20.2 Å². The van der Waals surface area contributed by atoms with Gasteiger partial charge in [-0.3, -0.25) is 14.9 Å². The number of amides is 1. The van der Waals surface area contributed by atoms with Crippen LogP contribution in [0.25, 0.3) is 5.69 Å². The molecule has 0 saturated carbocycles. The van der Waals surface area contributed by atoms with Crippen molar-refractivity contribution in [3.63, 3.8) is 0 Å². The van der Waals surface area contributed by atoms with Crippen LogP contribution in [-0.2, 0) is 4.79 Å². The van der Waals surface area contributed by atoms with E-state index in [1.54, 1.807) is 17.7 Å². The van der Waals surface area contributed by atoms with Crippen LogP contribution in [0.3, 0.4) is 0 Å². The van der Waals surface area contributed by atoms with Crippen LogP contribution >= 0.6 is 11.8 Å². The van der Waals surface area contributed by atoms with Crippen LogP contribution in [-0.4, -0.2) is 31.0 Å². The predicted molar refractivity (Wildman–Crippen MR) is 125 cm³/mol. The number of carbonyl (C=O) groups is 1. The molecule has 1 N–H and O–H groups in total. The summed E-state index contributed by atoms with van der Waals surface area (Å²) in [4.78, 5) is 24.4. The van der Waals surface area contributed by atoms with E-state index in [9.17, 15) is 14.9 Å². The molecule has 166 valence electrons. The fourth-order valence-corrected chi connectivity index (χ4v) is 4.27. The van der Waals surface area contributed by atoms with Crippen LogP contribution in [0.4, 0.5) is 11.4 Å². The third-order valence-corrected chi connectivity index (χ3v) is 6.05. The molecule has 10 heteroatoms. The summed E-state index contributed by atoms with van der Waals surface area (Å²) in [5, 5.41) is 25.9. The summed E-state index contributed by atoms with van der Waals surface area (Å²) in [5.41, 5.74) is 3.23. The second-order valence-electron chi connectivity index (χ2n) is 7.39. The number of hydrogen-bond donors (Lipinski definition) is 1. The van der Waals surface area contributed by atoms with E-state index >= 15 is 0 Å². The minimum absolute atomic E-state index is 0.135. The second-order valence-corrected chi connectivity index (χ2v) is 8.46. The highest BCUT2D eigenvalue weighted by atomic mass is 32.2. The van der Waals surface area contributed by atoms with Crippen molar-refractivity contribution in [2.45, 2.75) is 24.3 Å². The average Bonchev–Trinajstić information content (AvgIpc) is 3.27. The molecule has 0 fully saturated rings. The maximum absolute atomic E-state index is 13.4. The van der Waals surface area contributed by atoms with Gasteiger partial charge in [0.25, 0.3) is 5.69 Å². The molecule has 3 aromatic carbocycles. The first kappa shape index (κ1) is 22.2. The minimum Gasteiger partial charge on any atom is -0.319 e. The molecule has 0 spiro atoms. The smallest absolute Gasteiger partial charge is 0.293 e. The van der Waals surface area contributed by atoms with Gasteiger partial charge in [-0.05, 0) is 59.2 Å². The number of nitrogens with zero attached hydrogens (tertiary/aromatic N) is 5. The first-order valence-electron chi connectivity index (χ1n) is 10.1. The minimum atomic E-state index is -0.748. The largest absolute Gasteiger partial charge is 0.319 e. The Morgan fingerprint density at radius 1 is 1.03 bits per heavy atom. The van der Waals surface area contributed by atoms with Crippen LogP contribution in [0.1, 0.15) is 21.9 Å². The fourth-order valence-electron chi connectivity index (χ4n) is 3.28. The monoisotopic (exact) mass is 460 g/mol. The Morgan fingerprint density at radius 3 is 2.52 bits per heavy atom. The molecule has 9 nitrogen and oxygen atoms in total. The van der Waals surface area contributed by atoms with Crippen molar-refractivity contribution in [3.05, 3.63) is 99.6 Å². The molecule has 1 amide bonds. The number of benzene rings is 3. The molecule has 1 aromatic heterocycles. The lowest BCUT2D eigenvalue weighted by atomic mass is 10.1. The van der Waals surface area contributed by atoms with Crippen molar-refractivity contribution in [1.29, 1.82) is 0 Å². The number of nitro benzene ring substituents is 1. The molecule has 0 bridgehead atoms. The number of rotatable bonds is 7. The Bertz CT molecular complexity index is 1310. The molecular formula is C23H20N6O3S. The molecule has 1 atom stereocenters. The SMILES string of the molecule is Cc1cccc(-n2nnnc2SC(C(=O)Nc2ccc(C)cc2[N+](=O)[O-])c2ccccc2)c1. The molecule has 33 heavy (non-hydrogen) atoms. The van der Waals surface area contributed by atoms with Gasteiger partial charge in [0.1, 0.15) is 10.9 Å². The molecular weight excluding hydrogens is 440 g/mol. The Balaban J connectivity index is 1.68. The molecule has 4 aromatic rings. The van der Waals surface area contributed by atoms with Crippen LogP contribution in [0.5, 0.6) is 0 Å². The Morgan fingerprint density at radius 2 is 1.79 bits per heavy atom. The fraction of sp³-hybridized carbons (Fsp3) is 0.130. The van der Waals surface area contributed by atoms with Gasteiger partial charge in [0.05, 0.1) is 10.6 Å². The molecule has 4 rings (SSSR count). The van der Waals surface area contributed by atoms with Gasteiger partial charge in [-0.15, -0.1) is 5.10 Å².